The van der Waals surface area contributed by atoms with E-state index in [2.05, 4.69) is 5.32 Å². The van der Waals surface area contributed by atoms with Crippen LogP contribution in [0.1, 0.15) is 32.6 Å². The van der Waals surface area contributed by atoms with E-state index in [9.17, 15) is 9.59 Å². The summed E-state index contributed by atoms with van der Waals surface area (Å²) < 4.78 is 0. The smallest absolute Gasteiger partial charge is 0.228 e. The normalized spacial score (nSPS) is 13.0. The van der Waals surface area contributed by atoms with Crippen LogP contribution in [0.3, 0.4) is 0 Å². The van der Waals surface area contributed by atoms with Gasteiger partial charge >= 0.3 is 0 Å². The maximum absolute atomic E-state index is 12.6. The topological polar surface area (TPSA) is 46.2 Å². The highest BCUT2D eigenvalue weighted by Gasteiger charge is 2.20. The fourth-order valence-corrected chi connectivity index (χ4v) is 2.51. The summed E-state index contributed by atoms with van der Waals surface area (Å²) in [5.41, 5.74) is 5.10. The van der Waals surface area contributed by atoms with E-state index in [1.165, 1.54) is 0 Å². The molecule has 0 atom stereocenters. The fraction of sp³-hybridized carbons (Fsp3) is 0.176. The first-order chi connectivity index (χ1) is 9.54. The molecule has 0 spiro atoms. The van der Waals surface area contributed by atoms with Gasteiger partial charge in [0, 0.05) is 16.8 Å². The molecule has 0 aliphatic carbocycles. The number of fused-ring (bicyclic) bond motifs is 1. The number of carbonyl (C=O) groups is 2. The summed E-state index contributed by atoms with van der Waals surface area (Å²) in [5, 5.41) is 2.77. The molecule has 3 nitrogen and oxygen atoms in total. The third-order valence-electron chi connectivity index (χ3n) is 3.63. The van der Waals surface area contributed by atoms with Crippen molar-refractivity contribution in [2.45, 2.75) is 20.3 Å². The minimum absolute atomic E-state index is 0.00773. The van der Waals surface area contributed by atoms with E-state index in [1.807, 2.05) is 38.1 Å². The van der Waals surface area contributed by atoms with Crippen molar-refractivity contribution in [1.29, 1.82) is 0 Å². The van der Waals surface area contributed by atoms with E-state index in [0.717, 1.165) is 27.9 Å². The lowest BCUT2D eigenvalue weighted by atomic mass is 9.96. The minimum atomic E-state index is -0.0173. The largest absolute Gasteiger partial charge is 0.326 e. The lowest BCUT2D eigenvalue weighted by Crippen LogP contribution is -2.04. The summed E-state index contributed by atoms with van der Waals surface area (Å²) in [6.45, 7) is 3.91. The Morgan fingerprint density at radius 2 is 1.90 bits per heavy atom. The van der Waals surface area contributed by atoms with Crippen molar-refractivity contribution in [2.24, 2.45) is 0 Å². The maximum Gasteiger partial charge on any atom is 0.228 e. The number of hydrogen-bond donors (Lipinski definition) is 1. The first kappa shape index (κ1) is 12.6. The number of ketones is 1. The van der Waals surface area contributed by atoms with Crippen molar-refractivity contribution < 1.29 is 9.59 Å². The third-order valence-corrected chi connectivity index (χ3v) is 3.63. The number of carbonyl (C=O) groups excluding carboxylic acids is 2. The van der Waals surface area contributed by atoms with Crippen LogP contribution in [0.4, 0.5) is 5.69 Å². The third kappa shape index (κ3) is 2.11. The summed E-state index contributed by atoms with van der Waals surface area (Å²) in [5.74, 6) is -0.00955. The average Bonchev–Trinajstić information content (AvgIpc) is 2.79. The Kier molecular flexibility index (Phi) is 2.90. The van der Waals surface area contributed by atoms with E-state index >= 15 is 0 Å². The van der Waals surface area contributed by atoms with Gasteiger partial charge in [-0.1, -0.05) is 17.7 Å². The molecule has 0 aromatic heterocycles. The molecule has 1 N–H and O–H groups in total. The van der Waals surface area contributed by atoms with Crippen molar-refractivity contribution in [3.8, 4) is 0 Å². The van der Waals surface area contributed by atoms with Crippen LogP contribution in [0, 0.1) is 13.8 Å². The molecule has 0 bridgehead atoms. The van der Waals surface area contributed by atoms with Crippen molar-refractivity contribution in [1.82, 2.24) is 0 Å². The Hall–Kier alpha value is -2.42. The van der Waals surface area contributed by atoms with Crippen molar-refractivity contribution >= 4 is 17.4 Å². The van der Waals surface area contributed by atoms with Crippen LogP contribution in [0.5, 0.6) is 0 Å². The summed E-state index contributed by atoms with van der Waals surface area (Å²) in [4.78, 5) is 23.9. The highest BCUT2D eigenvalue weighted by Crippen LogP contribution is 2.25. The quantitative estimate of drug-likeness (QED) is 0.848. The molecule has 2 aromatic rings. The van der Waals surface area contributed by atoms with Gasteiger partial charge in [0.15, 0.2) is 5.78 Å². The van der Waals surface area contributed by atoms with E-state index in [4.69, 9.17) is 0 Å². The van der Waals surface area contributed by atoms with Gasteiger partial charge in [0.25, 0.3) is 0 Å². The predicted octanol–water partition coefficient (Wildman–Crippen LogP) is 3.03. The zero-order valence-electron chi connectivity index (χ0n) is 11.5. The predicted molar refractivity (Wildman–Crippen MR) is 78.1 cm³/mol. The van der Waals surface area contributed by atoms with Crippen molar-refractivity contribution in [3.63, 3.8) is 0 Å². The molecule has 20 heavy (non-hydrogen) atoms. The first-order valence-corrected chi connectivity index (χ1v) is 6.59. The molecule has 1 heterocycles. The minimum Gasteiger partial charge on any atom is -0.326 e. The van der Waals surface area contributed by atoms with Crippen LogP contribution in [0.15, 0.2) is 36.4 Å². The Morgan fingerprint density at radius 3 is 2.70 bits per heavy atom. The van der Waals surface area contributed by atoms with Crippen LogP contribution < -0.4 is 5.32 Å². The number of amides is 1. The van der Waals surface area contributed by atoms with Gasteiger partial charge in [-0.3, -0.25) is 9.59 Å². The molecule has 0 saturated carbocycles. The second-order valence-electron chi connectivity index (χ2n) is 5.24. The number of rotatable bonds is 2. The van der Waals surface area contributed by atoms with Gasteiger partial charge in [-0.25, -0.2) is 0 Å². The highest BCUT2D eigenvalue weighted by molar-refractivity contribution is 6.11. The summed E-state index contributed by atoms with van der Waals surface area (Å²) in [6, 6.07) is 11.3. The van der Waals surface area contributed by atoms with Crippen LogP contribution in [-0.4, -0.2) is 11.7 Å². The Balaban J connectivity index is 2.01. The van der Waals surface area contributed by atoms with Gasteiger partial charge < -0.3 is 5.32 Å². The molecule has 0 fully saturated rings. The van der Waals surface area contributed by atoms with Gasteiger partial charge in [0.2, 0.25) is 5.91 Å². The van der Waals surface area contributed by atoms with Crippen LogP contribution in [0.25, 0.3) is 0 Å². The second kappa shape index (κ2) is 4.60. The van der Waals surface area contributed by atoms with E-state index < -0.39 is 0 Å². The standard InChI is InChI=1S/C17H15NO2/c1-10-3-4-11(2)14(7-10)17(20)12-5-6-15-13(8-12)9-16(19)18-15/h3-8H,9H2,1-2H3,(H,18,19). The summed E-state index contributed by atoms with van der Waals surface area (Å²) in [6.07, 6.45) is 0.350. The molecular weight excluding hydrogens is 250 g/mol. The molecule has 0 saturated heterocycles. The zero-order valence-corrected chi connectivity index (χ0v) is 11.5. The van der Waals surface area contributed by atoms with Gasteiger partial charge in [-0.05, 0) is 49.2 Å². The number of aryl methyl sites for hydroxylation is 2. The lowest BCUT2D eigenvalue weighted by Gasteiger charge is -2.07. The fourth-order valence-electron chi connectivity index (χ4n) is 2.51. The monoisotopic (exact) mass is 265 g/mol. The Bertz CT molecular complexity index is 732. The lowest BCUT2D eigenvalue weighted by molar-refractivity contribution is -0.115. The molecule has 3 heteroatoms. The molecule has 3 rings (SSSR count). The molecule has 1 amide bonds. The average molecular weight is 265 g/mol. The van der Waals surface area contributed by atoms with E-state index in [1.54, 1.807) is 12.1 Å². The molecule has 2 aromatic carbocycles. The Morgan fingerprint density at radius 1 is 1.10 bits per heavy atom. The van der Waals surface area contributed by atoms with Gasteiger partial charge in [-0.2, -0.15) is 0 Å². The number of nitrogens with one attached hydrogen (secondary N) is 1. The molecular formula is C17H15NO2. The van der Waals surface area contributed by atoms with Gasteiger partial charge in [0.1, 0.15) is 0 Å². The molecule has 0 radical (unpaired) electrons. The zero-order chi connectivity index (χ0) is 14.3. The molecule has 1 aliphatic rings. The van der Waals surface area contributed by atoms with Crippen molar-refractivity contribution in [3.05, 3.63) is 64.2 Å². The van der Waals surface area contributed by atoms with Gasteiger partial charge in [0.05, 0.1) is 6.42 Å². The highest BCUT2D eigenvalue weighted by atomic mass is 16.1. The molecule has 1 aliphatic heterocycles. The Labute approximate surface area is 117 Å². The number of benzene rings is 2. The second-order valence-corrected chi connectivity index (χ2v) is 5.24. The summed E-state index contributed by atoms with van der Waals surface area (Å²) in [7, 11) is 0. The maximum atomic E-state index is 12.6. The molecule has 0 unspecified atom stereocenters. The van der Waals surface area contributed by atoms with Crippen LogP contribution >= 0.6 is 0 Å². The van der Waals surface area contributed by atoms with E-state index in [0.29, 0.717) is 12.0 Å². The number of hydrogen-bond acceptors (Lipinski definition) is 2. The summed E-state index contributed by atoms with van der Waals surface area (Å²) >= 11 is 0. The van der Waals surface area contributed by atoms with E-state index in [-0.39, 0.29) is 11.7 Å². The van der Waals surface area contributed by atoms with Crippen LogP contribution in [-0.2, 0) is 11.2 Å². The van der Waals surface area contributed by atoms with Gasteiger partial charge in [-0.15, -0.1) is 0 Å². The SMILES string of the molecule is Cc1ccc(C)c(C(=O)c2ccc3c(c2)CC(=O)N3)c1. The van der Waals surface area contributed by atoms with Crippen molar-refractivity contribution in [2.75, 3.05) is 5.32 Å². The first-order valence-electron chi connectivity index (χ1n) is 6.59. The number of anilines is 1. The van der Waals surface area contributed by atoms with Crippen LogP contribution in [0.2, 0.25) is 0 Å². The molecule has 100 valence electrons.